The average molecular weight is 344 g/mol. The molecule has 0 aliphatic carbocycles. The number of hydrogen-bond acceptors (Lipinski definition) is 5. The number of aromatic nitrogens is 1. The van der Waals surface area contributed by atoms with E-state index >= 15 is 0 Å². The highest BCUT2D eigenvalue weighted by molar-refractivity contribution is 7.11. The molecule has 2 aromatic rings. The van der Waals surface area contributed by atoms with Gasteiger partial charge in [-0.1, -0.05) is 12.1 Å². The van der Waals surface area contributed by atoms with Gasteiger partial charge in [-0.3, -0.25) is 9.78 Å². The SMILES string of the molecule is COc1cccc2c1C1(CCN(C(=O)c3cncs3)CC1)OCC2. The molecular formula is C18H20N2O3S. The molecular weight excluding hydrogens is 324 g/mol. The Morgan fingerprint density at radius 1 is 1.38 bits per heavy atom. The minimum atomic E-state index is -0.329. The molecule has 24 heavy (non-hydrogen) atoms. The summed E-state index contributed by atoms with van der Waals surface area (Å²) in [6.07, 6.45) is 4.15. The van der Waals surface area contributed by atoms with Gasteiger partial charge in [0, 0.05) is 18.7 Å². The summed E-state index contributed by atoms with van der Waals surface area (Å²) < 4.78 is 11.9. The third-order valence-corrected chi connectivity index (χ3v) is 5.80. The summed E-state index contributed by atoms with van der Waals surface area (Å²) in [7, 11) is 1.71. The van der Waals surface area contributed by atoms with E-state index in [9.17, 15) is 4.79 Å². The minimum Gasteiger partial charge on any atom is -0.496 e. The second-order valence-electron chi connectivity index (χ2n) is 6.25. The van der Waals surface area contributed by atoms with Crippen molar-refractivity contribution < 1.29 is 14.3 Å². The molecule has 0 bridgehead atoms. The van der Waals surface area contributed by atoms with Gasteiger partial charge in [0.2, 0.25) is 0 Å². The predicted octanol–water partition coefficient (Wildman–Crippen LogP) is 2.86. The van der Waals surface area contributed by atoms with Crippen molar-refractivity contribution in [3.05, 3.63) is 45.9 Å². The van der Waals surface area contributed by atoms with Gasteiger partial charge in [-0.15, -0.1) is 11.3 Å². The lowest BCUT2D eigenvalue weighted by Gasteiger charge is -2.45. The normalized spacial score (nSPS) is 19.1. The minimum absolute atomic E-state index is 0.0726. The Morgan fingerprint density at radius 2 is 2.21 bits per heavy atom. The van der Waals surface area contributed by atoms with E-state index in [4.69, 9.17) is 9.47 Å². The molecule has 1 fully saturated rings. The molecule has 2 aliphatic heterocycles. The van der Waals surface area contributed by atoms with Crippen molar-refractivity contribution in [3.8, 4) is 5.75 Å². The molecule has 6 heteroatoms. The molecule has 0 atom stereocenters. The third-order valence-electron chi connectivity index (χ3n) is 5.04. The van der Waals surface area contributed by atoms with E-state index < -0.39 is 0 Å². The predicted molar refractivity (Wildman–Crippen MR) is 91.6 cm³/mol. The number of rotatable bonds is 2. The van der Waals surface area contributed by atoms with E-state index in [1.54, 1.807) is 18.8 Å². The van der Waals surface area contributed by atoms with E-state index in [1.165, 1.54) is 22.5 Å². The zero-order valence-corrected chi connectivity index (χ0v) is 14.5. The number of fused-ring (bicyclic) bond motifs is 2. The smallest absolute Gasteiger partial charge is 0.265 e. The average Bonchev–Trinajstić information content (AvgIpc) is 3.16. The summed E-state index contributed by atoms with van der Waals surface area (Å²) in [6.45, 7) is 2.10. The van der Waals surface area contributed by atoms with Crippen LogP contribution in [0.25, 0.3) is 0 Å². The van der Waals surface area contributed by atoms with Gasteiger partial charge in [0.15, 0.2) is 0 Å². The third kappa shape index (κ3) is 2.50. The maximum Gasteiger partial charge on any atom is 0.265 e. The number of amides is 1. The molecule has 1 amide bonds. The highest BCUT2D eigenvalue weighted by Gasteiger charge is 2.43. The van der Waals surface area contributed by atoms with Crippen LogP contribution in [-0.2, 0) is 16.8 Å². The summed E-state index contributed by atoms with van der Waals surface area (Å²) in [5.74, 6) is 0.970. The fourth-order valence-corrected chi connectivity index (χ4v) is 4.43. The van der Waals surface area contributed by atoms with Crippen LogP contribution < -0.4 is 4.74 Å². The Balaban J connectivity index is 1.59. The van der Waals surface area contributed by atoms with E-state index in [0.717, 1.165) is 31.6 Å². The summed E-state index contributed by atoms with van der Waals surface area (Å²) in [5.41, 5.74) is 3.86. The number of carbonyl (C=O) groups is 1. The molecule has 126 valence electrons. The van der Waals surface area contributed by atoms with Crippen molar-refractivity contribution in [2.24, 2.45) is 0 Å². The molecule has 1 spiro atoms. The Morgan fingerprint density at radius 3 is 2.92 bits per heavy atom. The van der Waals surface area contributed by atoms with Gasteiger partial charge in [-0.2, -0.15) is 0 Å². The number of nitrogens with zero attached hydrogens (tertiary/aromatic N) is 2. The van der Waals surface area contributed by atoms with Crippen LogP contribution in [0.3, 0.4) is 0 Å². The molecule has 0 N–H and O–H groups in total. The van der Waals surface area contributed by atoms with E-state index in [1.807, 2.05) is 17.0 Å². The standard InChI is InChI=1S/C18H20N2O3S/c1-22-14-4-2-3-13-5-10-23-18(16(13)14)6-8-20(9-7-18)17(21)15-11-19-12-24-15/h2-4,11-12H,5-10H2,1H3. The van der Waals surface area contributed by atoms with Crippen molar-refractivity contribution in [3.63, 3.8) is 0 Å². The van der Waals surface area contributed by atoms with Gasteiger partial charge in [0.1, 0.15) is 16.2 Å². The molecule has 0 radical (unpaired) electrons. The van der Waals surface area contributed by atoms with Gasteiger partial charge < -0.3 is 14.4 Å². The summed E-state index contributed by atoms with van der Waals surface area (Å²) in [4.78, 5) is 19.1. The lowest BCUT2D eigenvalue weighted by molar-refractivity contribution is -0.0946. The second-order valence-corrected chi connectivity index (χ2v) is 7.13. The van der Waals surface area contributed by atoms with Crippen LogP contribution in [-0.4, -0.2) is 42.6 Å². The largest absolute Gasteiger partial charge is 0.496 e. The lowest BCUT2D eigenvalue weighted by atomic mass is 9.78. The number of carbonyl (C=O) groups excluding carboxylic acids is 1. The fraction of sp³-hybridized carbons (Fsp3) is 0.444. The van der Waals surface area contributed by atoms with E-state index in [0.29, 0.717) is 18.0 Å². The molecule has 1 aromatic carbocycles. The molecule has 3 heterocycles. The first-order chi connectivity index (χ1) is 11.7. The molecule has 1 saturated heterocycles. The zero-order valence-electron chi connectivity index (χ0n) is 13.7. The van der Waals surface area contributed by atoms with Crippen LogP contribution in [0.15, 0.2) is 29.9 Å². The van der Waals surface area contributed by atoms with Crippen molar-refractivity contribution in [2.75, 3.05) is 26.8 Å². The number of thiazole rings is 1. The molecule has 5 nitrogen and oxygen atoms in total. The van der Waals surface area contributed by atoms with Crippen LogP contribution in [0.2, 0.25) is 0 Å². The lowest BCUT2D eigenvalue weighted by Crippen LogP contribution is -2.48. The number of hydrogen-bond donors (Lipinski definition) is 0. The van der Waals surface area contributed by atoms with Crippen molar-refractivity contribution in [2.45, 2.75) is 24.9 Å². The molecule has 2 aliphatic rings. The van der Waals surface area contributed by atoms with Crippen LogP contribution in [0.4, 0.5) is 0 Å². The highest BCUT2D eigenvalue weighted by atomic mass is 32.1. The van der Waals surface area contributed by atoms with Gasteiger partial charge in [0.05, 0.1) is 25.4 Å². The fourth-order valence-electron chi connectivity index (χ4n) is 3.84. The first-order valence-corrected chi connectivity index (χ1v) is 9.09. The Kier molecular flexibility index (Phi) is 4.02. The molecule has 0 unspecified atom stereocenters. The van der Waals surface area contributed by atoms with Gasteiger partial charge >= 0.3 is 0 Å². The van der Waals surface area contributed by atoms with Crippen molar-refractivity contribution in [1.29, 1.82) is 0 Å². The Hall–Kier alpha value is -1.92. The maximum absolute atomic E-state index is 12.5. The highest BCUT2D eigenvalue weighted by Crippen LogP contribution is 2.45. The van der Waals surface area contributed by atoms with Crippen LogP contribution >= 0.6 is 11.3 Å². The topological polar surface area (TPSA) is 51.7 Å². The Bertz CT molecular complexity index is 722. The second kappa shape index (κ2) is 6.18. The number of piperidine rings is 1. The van der Waals surface area contributed by atoms with E-state index in [2.05, 4.69) is 11.1 Å². The number of benzene rings is 1. The molecule has 1 aromatic heterocycles. The van der Waals surface area contributed by atoms with Crippen LogP contribution in [0.1, 0.15) is 33.6 Å². The molecule has 4 rings (SSSR count). The first-order valence-electron chi connectivity index (χ1n) is 8.21. The van der Waals surface area contributed by atoms with E-state index in [-0.39, 0.29) is 11.5 Å². The van der Waals surface area contributed by atoms with Gasteiger partial charge in [0.25, 0.3) is 5.91 Å². The summed E-state index contributed by atoms with van der Waals surface area (Å²) in [6, 6.07) is 6.21. The van der Waals surface area contributed by atoms with Crippen molar-refractivity contribution >= 4 is 17.2 Å². The number of methoxy groups -OCH3 is 1. The monoisotopic (exact) mass is 344 g/mol. The number of ether oxygens (including phenoxy) is 2. The van der Waals surface area contributed by atoms with Crippen LogP contribution in [0, 0.1) is 0 Å². The number of likely N-dealkylation sites (tertiary alicyclic amines) is 1. The first kappa shape index (κ1) is 15.6. The Labute approximate surface area is 145 Å². The van der Waals surface area contributed by atoms with Gasteiger partial charge in [-0.05, 0) is 30.9 Å². The summed E-state index contributed by atoms with van der Waals surface area (Å²) in [5, 5.41) is 0. The van der Waals surface area contributed by atoms with Gasteiger partial charge in [-0.25, -0.2) is 0 Å². The quantitative estimate of drug-likeness (QED) is 0.841. The van der Waals surface area contributed by atoms with Crippen LogP contribution in [0.5, 0.6) is 5.75 Å². The van der Waals surface area contributed by atoms with Crippen molar-refractivity contribution in [1.82, 2.24) is 9.88 Å². The summed E-state index contributed by atoms with van der Waals surface area (Å²) >= 11 is 1.39. The maximum atomic E-state index is 12.5. The zero-order chi connectivity index (χ0) is 16.6. The molecule has 0 saturated carbocycles.